The smallest absolute Gasteiger partial charge is 0.232 e. The van der Waals surface area contributed by atoms with Crippen LogP contribution in [0.25, 0.3) is 16.7 Å². The zero-order valence-electron chi connectivity index (χ0n) is 17.2. The summed E-state index contributed by atoms with van der Waals surface area (Å²) in [6.45, 7) is 2.04. The summed E-state index contributed by atoms with van der Waals surface area (Å²) < 4.78 is 1.80. The SMILES string of the molecule is Cc1ccc(Nc2nc(N)nc(CSc3ncnc4c3cnn4-c3ccccc3)n2)cc1. The molecule has 0 fully saturated rings. The van der Waals surface area contributed by atoms with Gasteiger partial charge >= 0.3 is 0 Å². The van der Waals surface area contributed by atoms with Crippen LogP contribution in [0.5, 0.6) is 0 Å². The van der Waals surface area contributed by atoms with Crippen LogP contribution in [-0.4, -0.2) is 34.7 Å². The lowest BCUT2D eigenvalue weighted by Gasteiger charge is -2.08. The lowest BCUT2D eigenvalue weighted by Crippen LogP contribution is -2.06. The van der Waals surface area contributed by atoms with Crippen molar-refractivity contribution in [2.24, 2.45) is 0 Å². The standard InChI is InChI=1S/C22H19N9S/c1-14-7-9-15(10-8-14)27-22-29-18(28-21(23)30-22)12-32-20-17-11-26-31(19(17)24-13-25-20)16-5-3-2-4-6-16/h2-11,13H,12H2,1H3,(H3,23,27,28,29,30). The molecule has 3 aromatic heterocycles. The molecular formula is C22H19N9S. The van der Waals surface area contributed by atoms with Crippen LogP contribution in [0.4, 0.5) is 17.6 Å². The number of nitrogens with two attached hydrogens (primary N) is 1. The second-order valence-corrected chi connectivity index (χ2v) is 7.99. The van der Waals surface area contributed by atoms with E-state index in [4.69, 9.17) is 5.73 Å². The highest BCUT2D eigenvalue weighted by Gasteiger charge is 2.13. The molecule has 3 heterocycles. The summed E-state index contributed by atoms with van der Waals surface area (Å²) in [5, 5.41) is 9.32. The summed E-state index contributed by atoms with van der Waals surface area (Å²) in [4.78, 5) is 21.8. The molecule has 0 saturated heterocycles. The van der Waals surface area contributed by atoms with Crippen molar-refractivity contribution in [1.82, 2.24) is 34.7 Å². The average Bonchev–Trinajstić information content (AvgIpc) is 3.24. The van der Waals surface area contributed by atoms with Gasteiger partial charge in [-0.05, 0) is 31.2 Å². The summed E-state index contributed by atoms with van der Waals surface area (Å²) in [5.74, 6) is 1.59. The van der Waals surface area contributed by atoms with E-state index < -0.39 is 0 Å². The van der Waals surface area contributed by atoms with E-state index in [2.05, 4.69) is 35.3 Å². The van der Waals surface area contributed by atoms with Gasteiger partial charge in [-0.25, -0.2) is 14.6 Å². The molecule has 10 heteroatoms. The number of nitrogens with one attached hydrogen (secondary N) is 1. The Balaban J connectivity index is 1.37. The molecule has 5 aromatic rings. The van der Waals surface area contributed by atoms with Crippen molar-refractivity contribution in [1.29, 1.82) is 0 Å². The van der Waals surface area contributed by atoms with Gasteiger partial charge in [0.25, 0.3) is 0 Å². The Kier molecular flexibility index (Phi) is 5.34. The number of nitrogens with zero attached hydrogens (tertiary/aromatic N) is 7. The van der Waals surface area contributed by atoms with E-state index in [1.54, 1.807) is 10.9 Å². The van der Waals surface area contributed by atoms with Gasteiger partial charge in [-0.15, -0.1) is 0 Å². The maximum absolute atomic E-state index is 5.91. The van der Waals surface area contributed by atoms with Crippen LogP contribution in [0.2, 0.25) is 0 Å². The van der Waals surface area contributed by atoms with Gasteiger partial charge in [-0.2, -0.15) is 20.1 Å². The lowest BCUT2D eigenvalue weighted by atomic mass is 10.2. The normalized spacial score (nSPS) is 11.0. The van der Waals surface area contributed by atoms with Crippen molar-refractivity contribution in [2.75, 3.05) is 11.1 Å². The molecule has 0 amide bonds. The second-order valence-electron chi connectivity index (χ2n) is 7.02. The summed E-state index contributed by atoms with van der Waals surface area (Å²) in [6, 6.07) is 17.8. The predicted molar refractivity (Wildman–Crippen MR) is 125 cm³/mol. The number of para-hydroxylation sites is 1. The Morgan fingerprint density at radius 3 is 2.59 bits per heavy atom. The van der Waals surface area contributed by atoms with Gasteiger partial charge in [0.15, 0.2) is 5.65 Å². The van der Waals surface area contributed by atoms with E-state index in [0.29, 0.717) is 17.5 Å². The fraction of sp³-hybridized carbons (Fsp3) is 0.0909. The number of aromatic nitrogens is 7. The number of benzene rings is 2. The van der Waals surface area contributed by atoms with Gasteiger partial charge < -0.3 is 11.1 Å². The first-order chi connectivity index (χ1) is 15.7. The number of anilines is 3. The van der Waals surface area contributed by atoms with E-state index in [9.17, 15) is 0 Å². The highest BCUT2D eigenvalue weighted by atomic mass is 32.2. The van der Waals surface area contributed by atoms with E-state index in [1.807, 2.05) is 61.5 Å². The predicted octanol–water partition coefficient (Wildman–Crippen LogP) is 3.93. The molecule has 0 unspecified atom stereocenters. The highest BCUT2D eigenvalue weighted by Crippen LogP contribution is 2.28. The van der Waals surface area contributed by atoms with Crippen LogP contribution < -0.4 is 11.1 Å². The molecule has 5 rings (SSSR count). The molecule has 32 heavy (non-hydrogen) atoms. The molecule has 0 radical (unpaired) electrons. The van der Waals surface area contributed by atoms with Crippen molar-refractivity contribution in [2.45, 2.75) is 17.7 Å². The molecule has 0 aliphatic rings. The Labute approximate surface area is 188 Å². The van der Waals surface area contributed by atoms with E-state index in [-0.39, 0.29) is 5.95 Å². The minimum atomic E-state index is 0.162. The van der Waals surface area contributed by atoms with Crippen molar-refractivity contribution < 1.29 is 0 Å². The molecule has 3 N–H and O–H groups in total. The number of hydrogen-bond acceptors (Lipinski definition) is 9. The van der Waals surface area contributed by atoms with Crippen molar-refractivity contribution in [3.8, 4) is 5.69 Å². The van der Waals surface area contributed by atoms with Crippen molar-refractivity contribution in [3.05, 3.63) is 78.5 Å². The van der Waals surface area contributed by atoms with E-state index >= 15 is 0 Å². The topological polar surface area (TPSA) is 120 Å². The fourth-order valence-corrected chi connectivity index (χ4v) is 3.97. The number of fused-ring (bicyclic) bond motifs is 1. The Bertz CT molecular complexity index is 1370. The van der Waals surface area contributed by atoms with Crippen LogP contribution in [-0.2, 0) is 5.75 Å². The molecule has 0 aliphatic carbocycles. The van der Waals surface area contributed by atoms with Crippen molar-refractivity contribution >= 4 is 40.4 Å². The fourth-order valence-electron chi connectivity index (χ4n) is 3.15. The molecule has 0 spiro atoms. The first-order valence-corrected chi connectivity index (χ1v) is 10.9. The van der Waals surface area contributed by atoms with Crippen LogP contribution in [0.1, 0.15) is 11.4 Å². The number of aryl methyl sites for hydroxylation is 1. The molecule has 9 nitrogen and oxygen atoms in total. The Hall–Kier alpha value is -4.05. The molecule has 2 aromatic carbocycles. The maximum Gasteiger partial charge on any atom is 0.232 e. The van der Waals surface area contributed by atoms with Gasteiger partial charge in [-0.1, -0.05) is 47.7 Å². The summed E-state index contributed by atoms with van der Waals surface area (Å²) in [7, 11) is 0. The minimum Gasteiger partial charge on any atom is -0.368 e. The Morgan fingerprint density at radius 1 is 0.969 bits per heavy atom. The van der Waals surface area contributed by atoms with Crippen LogP contribution in [0.15, 0.2) is 72.1 Å². The van der Waals surface area contributed by atoms with Gasteiger partial charge in [0.1, 0.15) is 17.2 Å². The third-order valence-electron chi connectivity index (χ3n) is 4.67. The Morgan fingerprint density at radius 2 is 1.78 bits per heavy atom. The van der Waals surface area contributed by atoms with Gasteiger partial charge in [0.2, 0.25) is 11.9 Å². The maximum atomic E-state index is 5.91. The summed E-state index contributed by atoms with van der Waals surface area (Å²) in [5.41, 5.74) is 9.65. The third-order valence-corrected chi connectivity index (χ3v) is 5.68. The number of thioether (sulfide) groups is 1. The molecule has 0 aliphatic heterocycles. The van der Waals surface area contributed by atoms with Crippen LogP contribution in [0.3, 0.4) is 0 Å². The van der Waals surface area contributed by atoms with Crippen LogP contribution >= 0.6 is 11.8 Å². The van der Waals surface area contributed by atoms with Gasteiger partial charge in [-0.3, -0.25) is 0 Å². The number of nitrogen functional groups attached to an aromatic ring is 1. The quantitative estimate of drug-likeness (QED) is 0.298. The van der Waals surface area contributed by atoms with E-state index in [0.717, 1.165) is 27.4 Å². The highest BCUT2D eigenvalue weighted by molar-refractivity contribution is 7.98. The third kappa shape index (κ3) is 4.21. The first kappa shape index (κ1) is 19.9. The van der Waals surface area contributed by atoms with E-state index in [1.165, 1.54) is 23.7 Å². The second kappa shape index (κ2) is 8.60. The lowest BCUT2D eigenvalue weighted by molar-refractivity contribution is 0.893. The molecule has 0 saturated carbocycles. The average molecular weight is 442 g/mol. The zero-order valence-corrected chi connectivity index (χ0v) is 18.0. The molecule has 0 bridgehead atoms. The molecule has 0 atom stereocenters. The summed E-state index contributed by atoms with van der Waals surface area (Å²) >= 11 is 1.50. The number of hydrogen-bond donors (Lipinski definition) is 2. The van der Waals surface area contributed by atoms with Crippen molar-refractivity contribution in [3.63, 3.8) is 0 Å². The first-order valence-electron chi connectivity index (χ1n) is 9.87. The number of rotatable bonds is 6. The molecular weight excluding hydrogens is 422 g/mol. The minimum absolute atomic E-state index is 0.162. The summed E-state index contributed by atoms with van der Waals surface area (Å²) in [6.07, 6.45) is 3.31. The monoisotopic (exact) mass is 441 g/mol. The largest absolute Gasteiger partial charge is 0.368 e. The van der Waals surface area contributed by atoms with Crippen LogP contribution in [0, 0.1) is 6.92 Å². The molecule has 158 valence electrons. The zero-order chi connectivity index (χ0) is 21.9. The van der Waals surface area contributed by atoms with Gasteiger partial charge in [0.05, 0.1) is 23.0 Å². The van der Waals surface area contributed by atoms with Gasteiger partial charge in [0, 0.05) is 5.69 Å².